The van der Waals surface area contributed by atoms with Crippen LogP contribution >= 0.6 is 0 Å². The predicted octanol–water partition coefficient (Wildman–Crippen LogP) is 6.52. The van der Waals surface area contributed by atoms with Crippen molar-refractivity contribution in [2.24, 2.45) is 0 Å². The Kier molecular flexibility index (Phi) is 9.13. The second-order valence-electron chi connectivity index (χ2n) is 8.74. The van der Waals surface area contributed by atoms with Gasteiger partial charge in [-0.05, 0) is 53.5 Å². The Labute approximate surface area is 211 Å². The highest BCUT2D eigenvalue weighted by Crippen LogP contribution is 2.28. The third kappa shape index (κ3) is 7.06. The van der Waals surface area contributed by atoms with Crippen LogP contribution in [0.4, 0.5) is 22.0 Å². The van der Waals surface area contributed by atoms with Gasteiger partial charge in [0.15, 0.2) is 23.7 Å². The molecular formula is C28H27F5O4. The molecule has 0 bridgehead atoms. The van der Waals surface area contributed by atoms with Crippen LogP contribution in [0.3, 0.4) is 0 Å². The van der Waals surface area contributed by atoms with Crippen molar-refractivity contribution in [2.45, 2.75) is 44.7 Å². The van der Waals surface area contributed by atoms with Gasteiger partial charge in [-0.15, -0.1) is 6.58 Å². The molecule has 37 heavy (non-hydrogen) atoms. The van der Waals surface area contributed by atoms with Gasteiger partial charge in [-0.2, -0.15) is 8.78 Å². The molecular weight excluding hydrogens is 495 g/mol. The van der Waals surface area contributed by atoms with Crippen LogP contribution in [0.2, 0.25) is 0 Å². The van der Waals surface area contributed by atoms with Crippen molar-refractivity contribution in [1.82, 2.24) is 0 Å². The molecule has 0 unspecified atom stereocenters. The van der Waals surface area contributed by atoms with Crippen molar-refractivity contribution < 1.29 is 40.9 Å². The van der Waals surface area contributed by atoms with E-state index in [1.54, 1.807) is 24.3 Å². The van der Waals surface area contributed by atoms with Crippen LogP contribution in [0.25, 0.3) is 10.8 Å². The molecule has 0 aliphatic carbocycles. The van der Waals surface area contributed by atoms with Crippen LogP contribution in [0.5, 0.6) is 5.75 Å². The van der Waals surface area contributed by atoms with Gasteiger partial charge in [0.05, 0.1) is 19.8 Å². The Morgan fingerprint density at radius 2 is 1.65 bits per heavy atom. The van der Waals surface area contributed by atoms with Gasteiger partial charge in [0, 0.05) is 11.8 Å². The fraction of sp³-hybridized carbons (Fsp3) is 0.357. The number of benzene rings is 3. The maximum Gasteiger partial charge on any atom is 0.387 e. The van der Waals surface area contributed by atoms with Crippen LogP contribution in [0, 0.1) is 17.5 Å². The SMILES string of the molecule is C=CCOC1COC(CCc2ccc3c(F)c(CCc4cc(F)c(OC(F)F)c(F)c4)ccc3c2)OC1. The standard InChI is InChI=1S/C28H27F5O4/c1-2-11-34-21-15-35-25(36-16-21)10-5-17-4-9-22-20(12-17)8-7-19(26(22)31)6-3-18-13-23(29)27(24(30)14-18)37-28(32)33/h2,4,7-9,12-14,21,25,28H,1,3,5-6,10-11,15-16H2. The zero-order valence-electron chi connectivity index (χ0n) is 20.0. The largest absolute Gasteiger partial charge is 0.429 e. The lowest BCUT2D eigenvalue weighted by atomic mass is 9.98. The third-order valence-electron chi connectivity index (χ3n) is 6.10. The fourth-order valence-electron chi connectivity index (χ4n) is 4.25. The summed E-state index contributed by atoms with van der Waals surface area (Å²) in [7, 11) is 0. The average molecular weight is 523 g/mol. The number of hydrogen-bond acceptors (Lipinski definition) is 4. The van der Waals surface area contributed by atoms with Gasteiger partial charge < -0.3 is 18.9 Å². The molecule has 9 heteroatoms. The Morgan fingerprint density at radius 1 is 0.919 bits per heavy atom. The molecule has 3 aromatic rings. The molecule has 1 aliphatic rings. The Hall–Kier alpha value is -3.01. The summed E-state index contributed by atoms with van der Waals surface area (Å²) in [6.07, 6.45) is 2.86. The molecule has 198 valence electrons. The Bertz CT molecular complexity index is 1200. The van der Waals surface area contributed by atoms with E-state index in [1.807, 2.05) is 12.1 Å². The van der Waals surface area contributed by atoms with Gasteiger partial charge in [0.1, 0.15) is 11.9 Å². The van der Waals surface area contributed by atoms with E-state index in [4.69, 9.17) is 14.2 Å². The van der Waals surface area contributed by atoms with E-state index >= 15 is 4.39 Å². The highest BCUT2D eigenvalue weighted by atomic mass is 19.3. The van der Waals surface area contributed by atoms with E-state index in [-0.39, 0.29) is 30.8 Å². The lowest BCUT2D eigenvalue weighted by molar-refractivity contribution is -0.225. The molecule has 1 heterocycles. The minimum absolute atomic E-state index is 0.107. The summed E-state index contributed by atoms with van der Waals surface area (Å²) < 4.78 is 88.5. The predicted molar refractivity (Wildman–Crippen MR) is 128 cm³/mol. The summed E-state index contributed by atoms with van der Waals surface area (Å²) >= 11 is 0. The highest BCUT2D eigenvalue weighted by molar-refractivity contribution is 5.84. The van der Waals surface area contributed by atoms with Crippen LogP contribution in [-0.2, 0) is 33.5 Å². The van der Waals surface area contributed by atoms with Crippen LogP contribution < -0.4 is 4.74 Å². The maximum atomic E-state index is 15.2. The lowest BCUT2D eigenvalue weighted by Gasteiger charge is -2.29. The van der Waals surface area contributed by atoms with Crippen molar-refractivity contribution in [3.05, 3.63) is 89.3 Å². The molecule has 3 aromatic carbocycles. The number of alkyl halides is 2. The van der Waals surface area contributed by atoms with Gasteiger partial charge >= 0.3 is 6.61 Å². The number of rotatable bonds is 11. The third-order valence-corrected chi connectivity index (χ3v) is 6.10. The second kappa shape index (κ2) is 12.5. The first kappa shape index (κ1) is 27.0. The number of hydrogen-bond donors (Lipinski definition) is 0. The van der Waals surface area contributed by atoms with Crippen LogP contribution in [-0.4, -0.2) is 38.8 Å². The molecule has 0 aromatic heterocycles. The Balaban J connectivity index is 1.35. The summed E-state index contributed by atoms with van der Waals surface area (Å²) in [4.78, 5) is 0. The lowest BCUT2D eigenvalue weighted by Crippen LogP contribution is -2.37. The fourth-order valence-corrected chi connectivity index (χ4v) is 4.25. The molecule has 1 fully saturated rings. The normalized spacial score (nSPS) is 17.9. The summed E-state index contributed by atoms with van der Waals surface area (Å²) in [5.74, 6) is -4.00. The topological polar surface area (TPSA) is 36.9 Å². The molecule has 0 amide bonds. The molecule has 0 atom stereocenters. The number of halogens is 5. The highest BCUT2D eigenvalue weighted by Gasteiger charge is 2.22. The smallest absolute Gasteiger partial charge is 0.387 e. The molecule has 4 rings (SSSR count). The van der Waals surface area contributed by atoms with E-state index in [1.165, 1.54) is 0 Å². The first-order chi connectivity index (χ1) is 17.8. The van der Waals surface area contributed by atoms with Crippen molar-refractivity contribution in [1.29, 1.82) is 0 Å². The van der Waals surface area contributed by atoms with E-state index < -0.39 is 29.8 Å². The van der Waals surface area contributed by atoms with Gasteiger partial charge in [-0.25, -0.2) is 13.2 Å². The Morgan fingerprint density at radius 3 is 2.32 bits per heavy atom. The van der Waals surface area contributed by atoms with Crippen molar-refractivity contribution in [2.75, 3.05) is 19.8 Å². The number of aryl methyl sites for hydroxylation is 3. The van der Waals surface area contributed by atoms with Crippen molar-refractivity contribution in [3.8, 4) is 5.75 Å². The van der Waals surface area contributed by atoms with E-state index in [0.717, 1.165) is 23.1 Å². The van der Waals surface area contributed by atoms with Gasteiger partial charge in [-0.3, -0.25) is 0 Å². The molecule has 4 nitrogen and oxygen atoms in total. The average Bonchev–Trinajstić information content (AvgIpc) is 2.88. The van der Waals surface area contributed by atoms with Gasteiger partial charge in [-0.1, -0.05) is 36.4 Å². The van der Waals surface area contributed by atoms with Crippen molar-refractivity contribution >= 4 is 10.8 Å². The second-order valence-corrected chi connectivity index (χ2v) is 8.74. The molecule has 0 radical (unpaired) electrons. The molecule has 0 N–H and O–H groups in total. The van der Waals surface area contributed by atoms with E-state index in [0.29, 0.717) is 43.6 Å². The maximum absolute atomic E-state index is 15.2. The first-order valence-corrected chi connectivity index (χ1v) is 11.9. The minimum atomic E-state index is -3.34. The summed E-state index contributed by atoms with van der Waals surface area (Å²) in [6, 6.07) is 10.7. The van der Waals surface area contributed by atoms with Crippen LogP contribution in [0.1, 0.15) is 23.1 Å². The zero-order chi connectivity index (χ0) is 26.4. The molecule has 1 aliphatic heterocycles. The molecule has 1 saturated heterocycles. The number of fused-ring (bicyclic) bond motifs is 1. The van der Waals surface area contributed by atoms with E-state index in [9.17, 15) is 17.6 Å². The molecule has 0 saturated carbocycles. The monoisotopic (exact) mass is 522 g/mol. The minimum Gasteiger partial charge on any atom is -0.429 e. The zero-order valence-corrected chi connectivity index (χ0v) is 20.0. The summed E-state index contributed by atoms with van der Waals surface area (Å²) in [5, 5.41) is 1.17. The van der Waals surface area contributed by atoms with E-state index in [2.05, 4.69) is 11.3 Å². The quantitative estimate of drug-likeness (QED) is 0.212. The van der Waals surface area contributed by atoms with Crippen LogP contribution in [0.15, 0.2) is 55.1 Å². The van der Waals surface area contributed by atoms with Gasteiger partial charge in [0.25, 0.3) is 0 Å². The summed E-state index contributed by atoms with van der Waals surface area (Å²) in [6.45, 7) is 1.63. The van der Waals surface area contributed by atoms with Crippen molar-refractivity contribution in [3.63, 3.8) is 0 Å². The molecule has 0 spiro atoms. The van der Waals surface area contributed by atoms with Gasteiger partial charge in [0.2, 0.25) is 0 Å². The first-order valence-electron chi connectivity index (χ1n) is 11.9. The number of ether oxygens (including phenoxy) is 4. The summed E-state index contributed by atoms with van der Waals surface area (Å²) in [5.41, 5.74) is 1.59.